The van der Waals surface area contributed by atoms with Crippen molar-refractivity contribution in [3.05, 3.63) is 196 Å². The van der Waals surface area contributed by atoms with E-state index in [0.717, 1.165) is 50.3 Å². The molecular weight excluding hydrogens is 655 g/mol. The third kappa shape index (κ3) is 4.82. The average molecular weight is 684 g/mol. The molecule has 0 radical (unpaired) electrons. The molecule has 0 bridgehead atoms. The van der Waals surface area contributed by atoms with E-state index in [1.54, 1.807) is 0 Å². The molecule has 0 atom stereocenters. The molecule has 0 aliphatic rings. The molecule has 7 heteroatoms. The zero-order chi connectivity index (χ0) is 35.5. The number of fused-ring (bicyclic) bond motifs is 4. The van der Waals surface area contributed by atoms with Crippen molar-refractivity contribution in [2.75, 3.05) is 0 Å². The first-order valence-corrected chi connectivity index (χ1v) is 17.4. The zero-order valence-electron chi connectivity index (χ0n) is 28.3. The summed E-state index contributed by atoms with van der Waals surface area (Å²) in [4.78, 5) is 26.7. The molecule has 0 saturated heterocycles. The van der Waals surface area contributed by atoms with Gasteiger partial charge < -0.3 is 9.13 Å². The normalized spacial score (nSPS) is 11.5. The van der Waals surface area contributed by atoms with Crippen LogP contribution >= 0.6 is 0 Å². The smallest absolute Gasteiger partial charge is 0.197 e. The van der Waals surface area contributed by atoms with Gasteiger partial charge in [-0.3, -0.25) is 14.2 Å². The van der Waals surface area contributed by atoms with Crippen LogP contribution in [0.15, 0.2) is 186 Å². The highest BCUT2D eigenvalue weighted by molar-refractivity contribution is 5.96. The highest BCUT2D eigenvalue weighted by Crippen LogP contribution is 2.32. The van der Waals surface area contributed by atoms with Crippen LogP contribution in [0.4, 0.5) is 0 Å². The van der Waals surface area contributed by atoms with E-state index in [4.69, 9.17) is 10.2 Å². The van der Waals surface area contributed by atoms with Gasteiger partial charge in [-0.1, -0.05) is 66.7 Å². The first kappa shape index (κ1) is 30.4. The van der Waals surface area contributed by atoms with Crippen molar-refractivity contribution in [3.63, 3.8) is 0 Å². The van der Waals surface area contributed by atoms with Gasteiger partial charge >= 0.3 is 0 Å². The second kappa shape index (κ2) is 12.1. The Balaban J connectivity index is 1.10. The second-order valence-corrected chi connectivity index (χ2v) is 13.0. The maximum atomic E-state index is 13.4. The molecule has 250 valence electrons. The van der Waals surface area contributed by atoms with Crippen LogP contribution in [0.5, 0.6) is 0 Å². The molecule has 0 aliphatic carbocycles. The van der Waals surface area contributed by atoms with Crippen LogP contribution in [0.1, 0.15) is 0 Å². The lowest BCUT2D eigenvalue weighted by Crippen LogP contribution is -2.10. The maximum absolute atomic E-state index is 13.4. The van der Waals surface area contributed by atoms with Gasteiger partial charge in [-0.15, -0.1) is 10.2 Å². The minimum Gasteiger partial charge on any atom is -0.309 e. The Morgan fingerprint density at radius 2 is 0.604 bits per heavy atom. The van der Waals surface area contributed by atoms with Gasteiger partial charge in [-0.05, 0) is 109 Å². The molecule has 53 heavy (non-hydrogen) atoms. The Hall–Kier alpha value is -7.38. The fourth-order valence-electron chi connectivity index (χ4n) is 7.55. The fourth-order valence-corrected chi connectivity index (χ4v) is 7.55. The summed E-state index contributed by atoms with van der Waals surface area (Å²) in [5, 5.41) is 12.2. The number of rotatable bonds is 5. The van der Waals surface area contributed by atoms with Crippen LogP contribution in [-0.2, 0) is 0 Å². The number of aromatic nitrogens is 5. The predicted molar refractivity (Wildman–Crippen MR) is 213 cm³/mol. The molecule has 0 fully saturated rings. The molecule has 0 spiro atoms. The lowest BCUT2D eigenvalue weighted by Gasteiger charge is -2.16. The van der Waals surface area contributed by atoms with Crippen molar-refractivity contribution in [2.24, 2.45) is 0 Å². The van der Waals surface area contributed by atoms with E-state index in [9.17, 15) is 9.59 Å². The molecule has 0 N–H and O–H groups in total. The maximum Gasteiger partial charge on any atom is 0.197 e. The van der Waals surface area contributed by atoms with Gasteiger partial charge in [0.2, 0.25) is 0 Å². The van der Waals surface area contributed by atoms with E-state index in [2.05, 4.69) is 74.4 Å². The number of para-hydroxylation sites is 5. The van der Waals surface area contributed by atoms with Crippen molar-refractivity contribution in [1.82, 2.24) is 23.9 Å². The summed E-state index contributed by atoms with van der Waals surface area (Å²) in [5.74, 6) is 1.41. The lowest BCUT2D eigenvalue weighted by molar-refractivity contribution is 1.07. The molecule has 0 amide bonds. The molecule has 0 aliphatic heterocycles. The summed E-state index contributed by atoms with van der Waals surface area (Å²) in [6.45, 7) is 0. The summed E-state index contributed by atoms with van der Waals surface area (Å²) in [6, 6.07) is 57.6. The first-order valence-electron chi connectivity index (χ1n) is 17.4. The number of benzene rings is 7. The third-order valence-corrected chi connectivity index (χ3v) is 10.0. The quantitative estimate of drug-likeness (QED) is 0.169. The van der Waals surface area contributed by atoms with Gasteiger partial charge in [0.25, 0.3) is 0 Å². The van der Waals surface area contributed by atoms with Crippen molar-refractivity contribution in [3.8, 4) is 39.8 Å². The van der Waals surface area contributed by atoms with Crippen LogP contribution in [0.2, 0.25) is 0 Å². The fraction of sp³-hybridized carbons (Fsp3) is 0. The number of nitrogens with zero attached hydrogens (tertiary/aromatic N) is 5. The van der Waals surface area contributed by atoms with E-state index in [1.165, 1.54) is 0 Å². The van der Waals surface area contributed by atoms with Crippen molar-refractivity contribution >= 4 is 43.6 Å². The Bertz CT molecular complexity index is 2830. The molecule has 0 saturated carbocycles. The molecule has 7 aromatic carbocycles. The molecule has 3 heterocycles. The predicted octanol–water partition coefficient (Wildman–Crippen LogP) is 9.52. The summed E-state index contributed by atoms with van der Waals surface area (Å²) in [7, 11) is 0. The van der Waals surface area contributed by atoms with Crippen LogP contribution in [-0.4, -0.2) is 23.9 Å². The number of hydrogen-bond donors (Lipinski definition) is 0. The Morgan fingerprint density at radius 3 is 0.962 bits per heavy atom. The van der Waals surface area contributed by atoms with Crippen LogP contribution in [0.25, 0.3) is 83.4 Å². The second-order valence-electron chi connectivity index (χ2n) is 13.0. The molecular formula is C46H29N5O2. The molecule has 7 nitrogen and oxygen atoms in total. The van der Waals surface area contributed by atoms with Crippen LogP contribution in [0.3, 0.4) is 0 Å². The Morgan fingerprint density at radius 1 is 0.302 bits per heavy atom. The van der Waals surface area contributed by atoms with Gasteiger partial charge in [0, 0.05) is 49.7 Å². The number of hydrogen-bond acceptors (Lipinski definition) is 4. The minimum atomic E-state index is 0.0289. The monoisotopic (exact) mass is 683 g/mol. The van der Waals surface area contributed by atoms with Crippen LogP contribution < -0.4 is 10.9 Å². The van der Waals surface area contributed by atoms with E-state index >= 15 is 0 Å². The molecule has 0 unspecified atom stereocenters. The lowest BCUT2D eigenvalue weighted by atomic mass is 10.1. The standard InChI is InChI=1S/C46H29N5O2/c52-43-35-14-4-8-18-39(35)49(40-19-9-5-15-36(40)43)33-26-22-30(23-27-33)45-47-48-46(51(45)32-12-2-1-3-13-32)31-24-28-34(29-25-31)50-41-20-10-6-16-37(41)44(53)38-17-7-11-21-42(38)50/h1-29H. The van der Waals surface area contributed by atoms with E-state index in [1.807, 2.05) is 115 Å². The highest BCUT2D eigenvalue weighted by atomic mass is 16.1. The summed E-state index contributed by atoms with van der Waals surface area (Å²) < 4.78 is 6.36. The van der Waals surface area contributed by atoms with Gasteiger partial charge in [0.05, 0.1) is 22.1 Å². The molecule has 3 aromatic heterocycles. The van der Waals surface area contributed by atoms with E-state index < -0.39 is 0 Å². The van der Waals surface area contributed by atoms with E-state index in [-0.39, 0.29) is 10.9 Å². The van der Waals surface area contributed by atoms with Crippen molar-refractivity contribution in [1.29, 1.82) is 0 Å². The zero-order valence-corrected chi connectivity index (χ0v) is 28.3. The third-order valence-electron chi connectivity index (χ3n) is 10.0. The Kier molecular flexibility index (Phi) is 6.97. The SMILES string of the molecule is O=c1c2ccccc2n(-c2ccc(-c3nnc(-c4ccc(-n5c6ccccc6c(=O)c6ccccc65)cc4)n3-c3ccccc3)cc2)c2ccccc12. The van der Waals surface area contributed by atoms with E-state index in [0.29, 0.717) is 33.2 Å². The van der Waals surface area contributed by atoms with Crippen molar-refractivity contribution in [2.45, 2.75) is 0 Å². The Labute approximate surface area is 302 Å². The summed E-state index contributed by atoms with van der Waals surface area (Å²) in [6.07, 6.45) is 0. The molecule has 10 aromatic rings. The van der Waals surface area contributed by atoms with Gasteiger partial charge in [-0.2, -0.15) is 0 Å². The number of pyridine rings is 2. The first-order chi connectivity index (χ1) is 26.2. The summed E-state index contributed by atoms with van der Waals surface area (Å²) >= 11 is 0. The van der Waals surface area contributed by atoms with Gasteiger partial charge in [0.15, 0.2) is 22.5 Å². The summed E-state index contributed by atoms with van der Waals surface area (Å²) in [5.41, 5.74) is 8.07. The molecule has 10 rings (SSSR count). The van der Waals surface area contributed by atoms with Gasteiger partial charge in [-0.25, -0.2) is 0 Å². The minimum absolute atomic E-state index is 0.0289. The highest BCUT2D eigenvalue weighted by Gasteiger charge is 2.19. The average Bonchev–Trinajstić information content (AvgIpc) is 3.67. The topological polar surface area (TPSA) is 74.7 Å². The van der Waals surface area contributed by atoms with Crippen molar-refractivity contribution < 1.29 is 0 Å². The van der Waals surface area contributed by atoms with Gasteiger partial charge in [0.1, 0.15) is 0 Å². The van der Waals surface area contributed by atoms with Crippen LogP contribution in [0, 0.1) is 0 Å². The largest absolute Gasteiger partial charge is 0.309 e.